The van der Waals surface area contributed by atoms with Gasteiger partial charge in [0.15, 0.2) is 0 Å². The third-order valence-corrected chi connectivity index (χ3v) is 2.18. The molecule has 1 aromatic rings. The van der Waals surface area contributed by atoms with Crippen LogP contribution in [0.2, 0.25) is 0 Å². The van der Waals surface area contributed by atoms with Gasteiger partial charge in [-0.15, -0.1) is 0 Å². The molecule has 4 nitrogen and oxygen atoms in total. The monoisotopic (exact) mass is 251 g/mol. The van der Waals surface area contributed by atoms with E-state index in [1.165, 1.54) is 6.08 Å². The van der Waals surface area contributed by atoms with Gasteiger partial charge in [-0.2, -0.15) is 0 Å². The van der Waals surface area contributed by atoms with Crippen LogP contribution in [0.4, 0.5) is 0 Å². The van der Waals surface area contributed by atoms with Gasteiger partial charge in [-0.3, -0.25) is 4.79 Å². The number of carbonyl (C=O) groups is 1. The van der Waals surface area contributed by atoms with Crippen molar-refractivity contribution in [2.45, 2.75) is 0 Å². The van der Waals surface area contributed by atoms with Crippen molar-refractivity contribution in [3.8, 4) is 0 Å². The third kappa shape index (κ3) is 3.05. The molecule has 0 saturated carbocycles. The molecular weight excluding hydrogens is 246 g/mol. The molecule has 1 rings (SSSR count). The summed E-state index contributed by atoms with van der Waals surface area (Å²) >= 11 is 3.32. The van der Waals surface area contributed by atoms with Gasteiger partial charge in [0.05, 0.1) is 0 Å². The largest absolute Gasteiger partial charge is 0.288 e. The Bertz CT molecular complexity index is 422. The normalized spacial score (nSPS) is 9.79. The van der Waals surface area contributed by atoms with Crippen LogP contribution in [0.15, 0.2) is 39.9 Å². The van der Waals surface area contributed by atoms with Gasteiger partial charge in [0.2, 0.25) is 5.91 Å². The summed E-state index contributed by atoms with van der Waals surface area (Å²) in [6.07, 6.45) is 2.81. The van der Waals surface area contributed by atoms with Crippen molar-refractivity contribution in [3.05, 3.63) is 50.8 Å². The Balaban J connectivity index is 2.83. The summed E-state index contributed by atoms with van der Waals surface area (Å²) in [5.74, 6) is -0.608. The number of rotatable bonds is 2. The molecule has 5 heteroatoms. The van der Waals surface area contributed by atoms with Crippen molar-refractivity contribution in [2.75, 3.05) is 0 Å². The fourth-order valence-electron chi connectivity index (χ4n) is 0.849. The first-order chi connectivity index (χ1) is 6.74. The SMILES string of the molecule is [N-]=[N+]=NC(=O)/C=C/c1ccccc1Br. The number of amides is 1. The van der Waals surface area contributed by atoms with Crippen LogP contribution in [0.3, 0.4) is 0 Å². The molecule has 0 aliphatic heterocycles. The fourth-order valence-corrected chi connectivity index (χ4v) is 1.27. The molecule has 70 valence electrons. The predicted molar refractivity (Wildman–Crippen MR) is 57.3 cm³/mol. The van der Waals surface area contributed by atoms with Crippen LogP contribution in [0.5, 0.6) is 0 Å². The Morgan fingerprint density at radius 3 is 2.86 bits per heavy atom. The maximum absolute atomic E-state index is 10.8. The van der Waals surface area contributed by atoms with E-state index in [-0.39, 0.29) is 0 Å². The summed E-state index contributed by atoms with van der Waals surface area (Å²) in [6.45, 7) is 0. The zero-order chi connectivity index (χ0) is 10.4. The van der Waals surface area contributed by atoms with Crippen LogP contribution in [0.1, 0.15) is 5.56 Å². The van der Waals surface area contributed by atoms with Crippen LogP contribution in [0, 0.1) is 0 Å². The zero-order valence-electron chi connectivity index (χ0n) is 7.09. The van der Waals surface area contributed by atoms with Crippen molar-refractivity contribution in [2.24, 2.45) is 5.11 Å². The summed E-state index contributed by atoms with van der Waals surface area (Å²) in [4.78, 5) is 13.2. The molecule has 0 bridgehead atoms. The van der Waals surface area contributed by atoms with Crippen molar-refractivity contribution in [3.63, 3.8) is 0 Å². The van der Waals surface area contributed by atoms with E-state index >= 15 is 0 Å². The first-order valence-corrected chi connectivity index (χ1v) is 4.55. The lowest BCUT2D eigenvalue weighted by atomic mass is 10.2. The van der Waals surface area contributed by atoms with E-state index in [1.54, 1.807) is 6.08 Å². The third-order valence-electron chi connectivity index (χ3n) is 1.45. The molecule has 0 aromatic heterocycles. The minimum atomic E-state index is -0.608. The van der Waals surface area contributed by atoms with Crippen LogP contribution < -0.4 is 0 Å². The maximum Gasteiger partial charge on any atom is 0.242 e. The van der Waals surface area contributed by atoms with Gasteiger partial charge in [-0.05, 0) is 28.4 Å². The Hall–Kier alpha value is -1.58. The van der Waals surface area contributed by atoms with E-state index in [2.05, 4.69) is 26.0 Å². The van der Waals surface area contributed by atoms with Gasteiger partial charge in [-0.1, -0.05) is 40.2 Å². The number of halogens is 1. The lowest BCUT2D eigenvalue weighted by molar-refractivity contribution is -0.113. The van der Waals surface area contributed by atoms with E-state index < -0.39 is 5.91 Å². The molecule has 0 atom stereocenters. The highest BCUT2D eigenvalue weighted by Gasteiger charge is 1.94. The van der Waals surface area contributed by atoms with Gasteiger partial charge in [-0.25, -0.2) is 0 Å². The molecule has 1 amide bonds. The second-order valence-electron chi connectivity index (χ2n) is 2.38. The number of benzene rings is 1. The van der Waals surface area contributed by atoms with E-state index in [0.717, 1.165) is 10.0 Å². The molecule has 14 heavy (non-hydrogen) atoms. The lowest BCUT2D eigenvalue weighted by Gasteiger charge is -1.94. The number of nitrogens with zero attached hydrogens (tertiary/aromatic N) is 3. The van der Waals surface area contributed by atoms with Gasteiger partial charge < -0.3 is 0 Å². The van der Waals surface area contributed by atoms with E-state index in [0.29, 0.717) is 0 Å². The molecular formula is C9H6BrN3O. The van der Waals surface area contributed by atoms with Crippen molar-refractivity contribution < 1.29 is 4.79 Å². The molecule has 0 heterocycles. The molecule has 0 saturated heterocycles. The van der Waals surface area contributed by atoms with Gasteiger partial charge in [0, 0.05) is 9.38 Å². The van der Waals surface area contributed by atoms with E-state index in [1.807, 2.05) is 24.3 Å². The molecule has 0 unspecified atom stereocenters. The van der Waals surface area contributed by atoms with Crippen molar-refractivity contribution in [1.82, 2.24) is 0 Å². The maximum atomic E-state index is 10.8. The van der Waals surface area contributed by atoms with E-state index in [9.17, 15) is 4.79 Å². The quantitative estimate of drug-likeness (QED) is 0.344. The summed E-state index contributed by atoms with van der Waals surface area (Å²) < 4.78 is 0.880. The smallest absolute Gasteiger partial charge is 0.242 e. The highest BCUT2D eigenvalue weighted by Crippen LogP contribution is 2.16. The molecule has 1 aromatic carbocycles. The number of azide groups is 1. The van der Waals surface area contributed by atoms with Crippen molar-refractivity contribution in [1.29, 1.82) is 0 Å². The number of hydrogen-bond acceptors (Lipinski definition) is 1. The first kappa shape index (κ1) is 10.5. The Morgan fingerprint density at radius 2 is 2.21 bits per heavy atom. The molecule has 0 spiro atoms. The van der Waals surface area contributed by atoms with Crippen LogP contribution in [0.25, 0.3) is 16.5 Å². The first-order valence-electron chi connectivity index (χ1n) is 3.75. The van der Waals surface area contributed by atoms with Crippen LogP contribution >= 0.6 is 15.9 Å². The topological polar surface area (TPSA) is 65.8 Å². The second-order valence-corrected chi connectivity index (χ2v) is 3.24. The zero-order valence-corrected chi connectivity index (χ0v) is 8.68. The molecule has 0 aliphatic rings. The minimum Gasteiger partial charge on any atom is -0.288 e. The summed E-state index contributed by atoms with van der Waals surface area (Å²) in [7, 11) is 0. The Labute approximate surface area is 89.0 Å². The molecule has 0 radical (unpaired) electrons. The molecule has 0 fully saturated rings. The predicted octanol–water partition coefficient (Wildman–Crippen LogP) is 3.30. The van der Waals surface area contributed by atoms with Gasteiger partial charge in [0.1, 0.15) is 0 Å². The highest BCUT2D eigenvalue weighted by molar-refractivity contribution is 9.10. The average molecular weight is 252 g/mol. The average Bonchev–Trinajstić information content (AvgIpc) is 2.17. The van der Waals surface area contributed by atoms with Gasteiger partial charge in [0.25, 0.3) is 0 Å². The molecule has 0 aliphatic carbocycles. The number of carbonyl (C=O) groups excluding carboxylic acids is 1. The van der Waals surface area contributed by atoms with E-state index in [4.69, 9.17) is 5.53 Å². The highest BCUT2D eigenvalue weighted by atomic mass is 79.9. The second kappa shape index (κ2) is 5.21. The lowest BCUT2D eigenvalue weighted by Crippen LogP contribution is -1.82. The van der Waals surface area contributed by atoms with Crippen LogP contribution in [-0.2, 0) is 4.79 Å². The summed E-state index contributed by atoms with van der Waals surface area (Å²) in [5.41, 5.74) is 8.84. The Kier molecular flexibility index (Phi) is 3.91. The minimum absolute atomic E-state index is 0.608. The standard InChI is InChI=1S/C9H6BrN3O/c10-8-4-2-1-3-7(8)5-6-9(14)12-13-11/h1-6H/b6-5+. The molecule has 0 N–H and O–H groups in total. The summed E-state index contributed by atoms with van der Waals surface area (Å²) in [6, 6.07) is 7.42. The Morgan fingerprint density at radius 1 is 1.50 bits per heavy atom. The fraction of sp³-hybridized carbons (Fsp3) is 0. The van der Waals surface area contributed by atoms with Gasteiger partial charge >= 0.3 is 0 Å². The summed E-state index contributed by atoms with van der Waals surface area (Å²) in [5, 5.41) is 2.91. The van der Waals surface area contributed by atoms with Crippen molar-refractivity contribution >= 4 is 27.9 Å². The number of hydrogen-bond donors (Lipinski definition) is 0. The van der Waals surface area contributed by atoms with Crippen LogP contribution in [-0.4, -0.2) is 5.91 Å².